The highest BCUT2D eigenvalue weighted by Crippen LogP contribution is 2.47. The zero-order valence-electron chi connectivity index (χ0n) is 20.5. The van der Waals surface area contributed by atoms with Crippen molar-refractivity contribution < 1.29 is 19.1 Å². The number of aryl methyl sites for hydroxylation is 1. The number of ether oxygens (including phenoxy) is 2. The lowest BCUT2D eigenvalue weighted by Gasteiger charge is -2.14. The number of nitrogens with zero attached hydrogens (tertiary/aromatic N) is 3. The van der Waals surface area contributed by atoms with Gasteiger partial charge in [-0.05, 0) is 69.5 Å². The molecule has 1 aliphatic carbocycles. The molecule has 188 valence electrons. The second-order valence-corrected chi connectivity index (χ2v) is 10.4. The Morgan fingerprint density at radius 3 is 2.78 bits per heavy atom. The number of nitrogens with one attached hydrogen (secondary N) is 1. The van der Waals surface area contributed by atoms with E-state index in [1.54, 1.807) is 6.07 Å². The van der Waals surface area contributed by atoms with Gasteiger partial charge in [-0.3, -0.25) is 0 Å². The van der Waals surface area contributed by atoms with Gasteiger partial charge in [0.05, 0.1) is 16.6 Å². The van der Waals surface area contributed by atoms with Gasteiger partial charge < -0.3 is 29.0 Å². The molecule has 1 saturated carbocycles. The molecular formula is C27H29ClN4O4. The van der Waals surface area contributed by atoms with Crippen LogP contribution >= 0.6 is 11.6 Å². The molecule has 1 aliphatic heterocycles. The molecule has 0 amide bonds. The number of para-hydroxylation sites is 1. The largest absolute Gasteiger partial charge is 0.489 e. The zero-order valence-corrected chi connectivity index (χ0v) is 21.2. The van der Waals surface area contributed by atoms with E-state index >= 15 is 0 Å². The van der Waals surface area contributed by atoms with Gasteiger partial charge in [0, 0.05) is 35.3 Å². The molecule has 4 aromatic rings. The molecule has 0 spiro atoms. The zero-order chi connectivity index (χ0) is 25.0. The average Bonchev–Trinajstić information content (AvgIpc) is 3.70. The second-order valence-electron chi connectivity index (χ2n) is 9.98. The minimum atomic E-state index is -0.609. The monoisotopic (exact) mass is 508 g/mol. The number of rotatable bonds is 9. The molecule has 36 heavy (non-hydrogen) atoms. The van der Waals surface area contributed by atoms with Crippen LogP contribution in [0.1, 0.15) is 32.3 Å². The maximum atomic E-state index is 9.64. The summed E-state index contributed by atoms with van der Waals surface area (Å²) >= 11 is 6.41. The molecule has 6 rings (SSSR count). The van der Waals surface area contributed by atoms with Gasteiger partial charge >= 0.3 is 0 Å². The molecule has 0 bridgehead atoms. The Kier molecular flexibility index (Phi) is 5.80. The van der Waals surface area contributed by atoms with Crippen LogP contribution in [-0.2, 0) is 18.2 Å². The Bertz CT molecular complexity index is 1420. The van der Waals surface area contributed by atoms with E-state index in [9.17, 15) is 5.11 Å². The van der Waals surface area contributed by atoms with Crippen LogP contribution in [0.25, 0.3) is 33.7 Å². The van der Waals surface area contributed by atoms with Crippen molar-refractivity contribution in [1.29, 1.82) is 0 Å². The molecule has 3 heterocycles. The minimum absolute atomic E-state index is 0.0322. The first-order valence-corrected chi connectivity index (χ1v) is 12.7. The first-order valence-electron chi connectivity index (χ1n) is 12.3. The number of benzene rings is 2. The Balaban J connectivity index is 1.23. The highest BCUT2D eigenvalue weighted by Gasteiger charge is 2.60. The average molecular weight is 509 g/mol. The molecule has 2 aromatic carbocycles. The second kappa shape index (κ2) is 8.88. The molecule has 0 radical (unpaired) electrons. The first kappa shape index (κ1) is 23.5. The number of aliphatic hydroxyl groups excluding tert-OH is 1. The standard InChI is InChI=1S/C27H29ClN4O4/c1-15(2)34-21-8-7-16(13-20(21)28)25-30-24(31-36-25)19-6-4-5-18-17(14-32(3)22(18)19)9-12-29-27(10-11-27)23-26(33)35-23/h4-8,13-15,23,26,29,33H,9-12H2,1-3H3. The van der Waals surface area contributed by atoms with Crippen molar-refractivity contribution in [2.24, 2.45) is 7.05 Å². The van der Waals surface area contributed by atoms with E-state index in [1.165, 1.54) is 5.56 Å². The summed E-state index contributed by atoms with van der Waals surface area (Å²) in [4.78, 5) is 4.68. The Hall–Kier alpha value is -2.91. The molecule has 2 unspecified atom stereocenters. The summed E-state index contributed by atoms with van der Waals surface area (Å²) in [6.45, 7) is 4.73. The van der Waals surface area contributed by atoms with Gasteiger partial charge in [0.1, 0.15) is 11.9 Å². The summed E-state index contributed by atoms with van der Waals surface area (Å²) in [6.07, 6.45) is 4.49. The van der Waals surface area contributed by atoms with E-state index in [2.05, 4.69) is 32.3 Å². The predicted octanol–water partition coefficient (Wildman–Crippen LogP) is 4.72. The Labute approximate surface area is 214 Å². The molecule has 2 aromatic heterocycles. The van der Waals surface area contributed by atoms with Gasteiger partial charge in [-0.15, -0.1) is 0 Å². The lowest BCUT2D eigenvalue weighted by atomic mass is 10.1. The quantitative estimate of drug-likeness (QED) is 0.316. The van der Waals surface area contributed by atoms with Gasteiger partial charge in [0.15, 0.2) is 6.29 Å². The number of hydrogen-bond acceptors (Lipinski definition) is 7. The van der Waals surface area contributed by atoms with E-state index in [1.807, 2.05) is 45.2 Å². The maximum Gasteiger partial charge on any atom is 0.258 e. The van der Waals surface area contributed by atoms with E-state index in [0.717, 1.165) is 47.8 Å². The Morgan fingerprint density at radius 2 is 2.08 bits per heavy atom. The smallest absolute Gasteiger partial charge is 0.258 e. The van der Waals surface area contributed by atoms with Crippen molar-refractivity contribution >= 4 is 22.5 Å². The highest BCUT2D eigenvalue weighted by molar-refractivity contribution is 6.32. The van der Waals surface area contributed by atoms with Crippen LogP contribution in [0.2, 0.25) is 5.02 Å². The van der Waals surface area contributed by atoms with Crippen LogP contribution in [0.3, 0.4) is 0 Å². The first-order chi connectivity index (χ1) is 17.3. The van der Waals surface area contributed by atoms with Gasteiger partial charge in [-0.1, -0.05) is 28.9 Å². The molecule has 2 fully saturated rings. The number of halogens is 1. The third-order valence-corrected chi connectivity index (χ3v) is 7.26. The van der Waals surface area contributed by atoms with Crippen LogP contribution in [-0.4, -0.2) is 50.4 Å². The summed E-state index contributed by atoms with van der Waals surface area (Å²) in [7, 11) is 2.04. The van der Waals surface area contributed by atoms with E-state index in [-0.39, 0.29) is 17.7 Å². The molecule has 8 nitrogen and oxygen atoms in total. The topological polar surface area (TPSA) is 97.9 Å². The van der Waals surface area contributed by atoms with Crippen molar-refractivity contribution in [3.63, 3.8) is 0 Å². The Morgan fingerprint density at radius 1 is 1.28 bits per heavy atom. The molecule has 2 N–H and O–H groups in total. The lowest BCUT2D eigenvalue weighted by Crippen LogP contribution is -2.38. The fraction of sp³-hybridized carbons (Fsp3) is 0.407. The van der Waals surface area contributed by atoms with Crippen LogP contribution in [0.4, 0.5) is 0 Å². The van der Waals surface area contributed by atoms with Gasteiger partial charge in [-0.25, -0.2) is 0 Å². The number of hydrogen-bond donors (Lipinski definition) is 2. The molecule has 2 aliphatic rings. The van der Waals surface area contributed by atoms with Crippen LogP contribution in [0.15, 0.2) is 47.1 Å². The van der Waals surface area contributed by atoms with Gasteiger partial charge in [-0.2, -0.15) is 4.98 Å². The normalized spacial score (nSPS) is 20.3. The van der Waals surface area contributed by atoms with Crippen molar-refractivity contribution in [3.8, 4) is 28.6 Å². The third-order valence-electron chi connectivity index (χ3n) is 6.97. The fourth-order valence-electron chi connectivity index (χ4n) is 5.01. The number of fused-ring (bicyclic) bond motifs is 1. The van der Waals surface area contributed by atoms with Crippen molar-refractivity contribution in [2.75, 3.05) is 6.54 Å². The summed E-state index contributed by atoms with van der Waals surface area (Å²) in [5.74, 6) is 1.55. The van der Waals surface area contributed by atoms with Crippen LogP contribution in [0.5, 0.6) is 5.75 Å². The molecule has 1 saturated heterocycles. The molecule has 2 atom stereocenters. The number of epoxide rings is 1. The van der Waals surface area contributed by atoms with E-state index < -0.39 is 6.29 Å². The third kappa shape index (κ3) is 4.28. The molecular weight excluding hydrogens is 480 g/mol. The van der Waals surface area contributed by atoms with Crippen molar-refractivity contribution in [2.45, 2.75) is 57.1 Å². The van der Waals surface area contributed by atoms with Crippen LogP contribution < -0.4 is 10.1 Å². The summed E-state index contributed by atoms with van der Waals surface area (Å²) in [6, 6.07) is 11.6. The molecule has 9 heteroatoms. The highest BCUT2D eigenvalue weighted by atomic mass is 35.5. The van der Waals surface area contributed by atoms with Crippen molar-refractivity contribution in [1.82, 2.24) is 20.0 Å². The number of aromatic nitrogens is 3. The van der Waals surface area contributed by atoms with E-state index in [4.69, 9.17) is 25.6 Å². The maximum absolute atomic E-state index is 9.64. The number of aliphatic hydroxyl groups is 1. The SMILES string of the molecule is CC(C)Oc1ccc(-c2nc(-c3cccc4c(CCNC5(C6OC6O)CC5)cn(C)c34)no2)cc1Cl. The minimum Gasteiger partial charge on any atom is -0.489 e. The summed E-state index contributed by atoms with van der Waals surface area (Å²) < 4.78 is 18.7. The lowest BCUT2D eigenvalue weighted by molar-refractivity contribution is 0.155. The van der Waals surface area contributed by atoms with E-state index in [0.29, 0.717) is 22.5 Å². The van der Waals surface area contributed by atoms with Crippen LogP contribution in [0, 0.1) is 0 Å². The predicted molar refractivity (Wildman–Crippen MR) is 137 cm³/mol. The summed E-state index contributed by atoms with van der Waals surface area (Å²) in [5.41, 5.74) is 3.90. The van der Waals surface area contributed by atoms with Gasteiger partial charge in [0.25, 0.3) is 5.89 Å². The van der Waals surface area contributed by atoms with Crippen molar-refractivity contribution in [3.05, 3.63) is 53.2 Å². The summed E-state index contributed by atoms with van der Waals surface area (Å²) in [5, 5.41) is 19.2. The fourth-order valence-corrected chi connectivity index (χ4v) is 5.24. The van der Waals surface area contributed by atoms with Gasteiger partial charge in [0.2, 0.25) is 5.82 Å².